The molecule has 0 fully saturated rings. The SMILES string of the molecule is C=CCN(CCC)C(=O)c1ccoc1Br. The van der Waals surface area contributed by atoms with Crippen LogP contribution in [-0.2, 0) is 0 Å². The Balaban J connectivity index is 2.80. The van der Waals surface area contributed by atoms with Gasteiger partial charge in [0, 0.05) is 13.1 Å². The van der Waals surface area contributed by atoms with Crippen LogP contribution in [0.25, 0.3) is 0 Å². The van der Waals surface area contributed by atoms with Crippen LogP contribution in [0.1, 0.15) is 23.7 Å². The van der Waals surface area contributed by atoms with Gasteiger partial charge in [-0.3, -0.25) is 4.79 Å². The lowest BCUT2D eigenvalue weighted by Crippen LogP contribution is -2.31. The average molecular weight is 272 g/mol. The summed E-state index contributed by atoms with van der Waals surface area (Å²) in [5.74, 6) is -0.0302. The van der Waals surface area contributed by atoms with E-state index in [0.717, 1.165) is 13.0 Å². The molecule has 0 N–H and O–H groups in total. The number of carbonyl (C=O) groups is 1. The molecule has 0 spiro atoms. The minimum Gasteiger partial charge on any atom is -0.457 e. The Hall–Kier alpha value is -1.03. The van der Waals surface area contributed by atoms with E-state index in [1.54, 1.807) is 17.0 Å². The summed E-state index contributed by atoms with van der Waals surface area (Å²) in [6.07, 6.45) is 4.14. The summed E-state index contributed by atoms with van der Waals surface area (Å²) in [5.41, 5.74) is 0.560. The van der Waals surface area contributed by atoms with Gasteiger partial charge in [0.2, 0.25) is 0 Å². The molecule has 0 saturated carbocycles. The highest BCUT2D eigenvalue weighted by atomic mass is 79.9. The molecular weight excluding hydrogens is 258 g/mol. The molecule has 0 saturated heterocycles. The van der Waals surface area contributed by atoms with Crippen molar-refractivity contribution < 1.29 is 9.21 Å². The Bertz CT molecular complexity index is 346. The number of furan rings is 1. The van der Waals surface area contributed by atoms with Crippen molar-refractivity contribution in [2.24, 2.45) is 0 Å². The van der Waals surface area contributed by atoms with E-state index in [2.05, 4.69) is 22.5 Å². The van der Waals surface area contributed by atoms with E-state index >= 15 is 0 Å². The highest BCUT2D eigenvalue weighted by Gasteiger charge is 2.18. The minimum atomic E-state index is -0.0302. The summed E-state index contributed by atoms with van der Waals surface area (Å²) in [6.45, 7) is 6.96. The molecule has 0 aliphatic carbocycles. The second-order valence-electron chi connectivity index (χ2n) is 3.15. The van der Waals surface area contributed by atoms with Gasteiger partial charge in [-0.05, 0) is 28.4 Å². The molecule has 0 aromatic carbocycles. The third kappa shape index (κ3) is 2.96. The Labute approximate surface area is 97.9 Å². The molecule has 0 atom stereocenters. The molecule has 1 rings (SSSR count). The van der Waals surface area contributed by atoms with Gasteiger partial charge in [-0.15, -0.1) is 6.58 Å². The molecule has 1 heterocycles. The molecule has 0 aliphatic heterocycles. The molecule has 0 radical (unpaired) electrons. The van der Waals surface area contributed by atoms with Gasteiger partial charge in [0.1, 0.15) is 0 Å². The van der Waals surface area contributed by atoms with E-state index in [1.807, 2.05) is 6.92 Å². The van der Waals surface area contributed by atoms with Crippen LogP contribution >= 0.6 is 15.9 Å². The van der Waals surface area contributed by atoms with E-state index < -0.39 is 0 Å². The smallest absolute Gasteiger partial charge is 0.258 e. The highest BCUT2D eigenvalue weighted by Crippen LogP contribution is 2.19. The van der Waals surface area contributed by atoms with Crippen molar-refractivity contribution in [2.75, 3.05) is 13.1 Å². The second-order valence-corrected chi connectivity index (χ2v) is 3.87. The zero-order valence-electron chi connectivity index (χ0n) is 8.70. The predicted molar refractivity (Wildman–Crippen MR) is 62.8 cm³/mol. The number of carbonyl (C=O) groups excluding carboxylic acids is 1. The maximum atomic E-state index is 12.0. The number of amides is 1. The van der Waals surface area contributed by atoms with Crippen LogP contribution in [0.4, 0.5) is 0 Å². The van der Waals surface area contributed by atoms with Gasteiger partial charge in [-0.25, -0.2) is 0 Å². The second kappa shape index (κ2) is 5.75. The molecule has 1 aromatic heterocycles. The molecule has 4 heteroatoms. The van der Waals surface area contributed by atoms with E-state index in [4.69, 9.17) is 4.42 Å². The normalized spacial score (nSPS) is 10.0. The van der Waals surface area contributed by atoms with E-state index in [-0.39, 0.29) is 5.91 Å². The maximum Gasteiger partial charge on any atom is 0.258 e. The van der Waals surface area contributed by atoms with Crippen molar-refractivity contribution in [3.63, 3.8) is 0 Å². The molecule has 0 bridgehead atoms. The molecular formula is C11H14BrNO2. The van der Waals surface area contributed by atoms with Crippen LogP contribution in [-0.4, -0.2) is 23.9 Å². The number of nitrogens with zero attached hydrogens (tertiary/aromatic N) is 1. The summed E-state index contributed by atoms with van der Waals surface area (Å²) in [5, 5.41) is 0. The Morgan fingerprint density at radius 1 is 1.73 bits per heavy atom. The third-order valence-electron chi connectivity index (χ3n) is 1.98. The van der Waals surface area contributed by atoms with Crippen LogP contribution in [0.5, 0.6) is 0 Å². The largest absolute Gasteiger partial charge is 0.457 e. The molecule has 0 unspecified atom stereocenters. The minimum absolute atomic E-state index is 0.0302. The molecule has 1 amide bonds. The third-order valence-corrected chi connectivity index (χ3v) is 2.59. The van der Waals surface area contributed by atoms with Gasteiger partial charge < -0.3 is 9.32 Å². The fourth-order valence-electron chi connectivity index (χ4n) is 1.32. The van der Waals surface area contributed by atoms with Crippen LogP contribution in [0, 0.1) is 0 Å². The summed E-state index contributed by atoms with van der Waals surface area (Å²) < 4.78 is 5.52. The lowest BCUT2D eigenvalue weighted by molar-refractivity contribution is 0.0772. The number of halogens is 1. The zero-order chi connectivity index (χ0) is 11.3. The maximum absolute atomic E-state index is 12.0. The van der Waals surface area contributed by atoms with Crippen LogP contribution < -0.4 is 0 Å². The quantitative estimate of drug-likeness (QED) is 0.772. The van der Waals surface area contributed by atoms with E-state index in [1.165, 1.54) is 6.26 Å². The van der Waals surface area contributed by atoms with Crippen LogP contribution in [0.3, 0.4) is 0 Å². The first kappa shape index (κ1) is 12.0. The lowest BCUT2D eigenvalue weighted by Gasteiger charge is -2.19. The van der Waals surface area contributed by atoms with Gasteiger partial charge in [0.25, 0.3) is 5.91 Å². The number of hydrogen-bond donors (Lipinski definition) is 0. The number of hydrogen-bond acceptors (Lipinski definition) is 2. The predicted octanol–water partition coefficient (Wildman–Crippen LogP) is 3.08. The van der Waals surface area contributed by atoms with Gasteiger partial charge in [0.15, 0.2) is 4.67 Å². The van der Waals surface area contributed by atoms with Crippen LogP contribution in [0.15, 0.2) is 34.1 Å². The van der Waals surface area contributed by atoms with Crippen molar-refractivity contribution >= 4 is 21.8 Å². The van der Waals surface area contributed by atoms with Crippen molar-refractivity contribution in [1.29, 1.82) is 0 Å². The molecule has 82 valence electrons. The summed E-state index contributed by atoms with van der Waals surface area (Å²) in [6, 6.07) is 1.66. The lowest BCUT2D eigenvalue weighted by atomic mass is 10.2. The molecule has 3 nitrogen and oxygen atoms in total. The average Bonchev–Trinajstić information content (AvgIpc) is 2.63. The highest BCUT2D eigenvalue weighted by molar-refractivity contribution is 9.10. The zero-order valence-corrected chi connectivity index (χ0v) is 10.3. The van der Waals surface area contributed by atoms with Gasteiger partial charge in [-0.2, -0.15) is 0 Å². The first-order chi connectivity index (χ1) is 7.20. The van der Waals surface area contributed by atoms with E-state index in [9.17, 15) is 4.79 Å². The Morgan fingerprint density at radius 2 is 2.47 bits per heavy atom. The molecule has 0 aliphatic rings. The molecule has 1 aromatic rings. The van der Waals surface area contributed by atoms with Crippen molar-refractivity contribution in [2.45, 2.75) is 13.3 Å². The first-order valence-corrected chi connectivity index (χ1v) is 5.63. The number of rotatable bonds is 5. The summed E-state index contributed by atoms with van der Waals surface area (Å²) in [4.78, 5) is 13.7. The summed E-state index contributed by atoms with van der Waals surface area (Å²) in [7, 11) is 0. The fraction of sp³-hybridized carbons (Fsp3) is 0.364. The van der Waals surface area contributed by atoms with Gasteiger partial charge in [0.05, 0.1) is 11.8 Å². The van der Waals surface area contributed by atoms with E-state index in [0.29, 0.717) is 16.8 Å². The van der Waals surface area contributed by atoms with Crippen molar-refractivity contribution in [3.8, 4) is 0 Å². The topological polar surface area (TPSA) is 33.5 Å². The van der Waals surface area contributed by atoms with Crippen molar-refractivity contribution in [3.05, 3.63) is 35.2 Å². The monoisotopic (exact) mass is 271 g/mol. The van der Waals surface area contributed by atoms with Gasteiger partial charge in [-0.1, -0.05) is 13.0 Å². The van der Waals surface area contributed by atoms with Crippen LogP contribution in [0.2, 0.25) is 0 Å². The van der Waals surface area contributed by atoms with Gasteiger partial charge >= 0.3 is 0 Å². The Kier molecular flexibility index (Phi) is 4.62. The first-order valence-electron chi connectivity index (χ1n) is 4.83. The summed E-state index contributed by atoms with van der Waals surface area (Å²) >= 11 is 3.20. The van der Waals surface area contributed by atoms with Crippen molar-refractivity contribution in [1.82, 2.24) is 4.90 Å². The standard InChI is InChI=1S/C11H14BrNO2/c1-3-6-13(7-4-2)11(14)9-5-8-15-10(9)12/h3,5,8H,1,4,6-7H2,2H3. The Morgan fingerprint density at radius 3 is 2.93 bits per heavy atom. The fourth-order valence-corrected chi connectivity index (χ4v) is 1.73. The molecule has 15 heavy (non-hydrogen) atoms.